The fraction of sp³-hybridized carbons (Fsp3) is 0.364. The van der Waals surface area contributed by atoms with Crippen LogP contribution in [0.3, 0.4) is 0 Å². The molecule has 1 spiro atoms. The van der Waals surface area contributed by atoms with Crippen LogP contribution in [0.5, 0.6) is 5.75 Å². The van der Waals surface area contributed by atoms with E-state index in [0.717, 1.165) is 30.5 Å². The van der Waals surface area contributed by atoms with Crippen molar-refractivity contribution in [2.45, 2.75) is 30.7 Å². The van der Waals surface area contributed by atoms with Crippen LogP contribution in [0.15, 0.2) is 48.5 Å². The van der Waals surface area contributed by atoms with Crippen LogP contribution in [0.1, 0.15) is 36.0 Å². The number of nitrogens with zero attached hydrogens (tertiary/aromatic N) is 5. The number of hydrogen-bond acceptors (Lipinski definition) is 7. The summed E-state index contributed by atoms with van der Waals surface area (Å²) in [5.41, 5.74) is 1.64. The average Bonchev–Trinajstić information content (AvgIpc) is 3.48. The first-order valence-corrected chi connectivity index (χ1v) is 10.5. The zero-order chi connectivity index (χ0) is 23.1. The van der Waals surface area contributed by atoms with E-state index >= 15 is 0 Å². The van der Waals surface area contributed by atoms with Crippen molar-refractivity contribution >= 4 is 5.57 Å². The fourth-order valence-electron chi connectivity index (χ4n) is 4.48. The van der Waals surface area contributed by atoms with Gasteiger partial charge in [0.1, 0.15) is 17.0 Å². The van der Waals surface area contributed by atoms with Gasteiger partial charge in [0, 0.05) is 5.57 Å². The van der Waals surface area contributed by atoms with E-state index in [9.17, 15) is 13.2 Å². The molecule has 0 bridgehead atoms. The van der Waals surface area contributed by atoms with E-state index < -0.39 is 17.6 Å². The number of benzene rings is 1. The molecule has 0 radical (unpaired) electrons. The highest BCUT2D eigenvalue weighted by Gasteiger charge is 2.45. The Balaban J connectivity index is 1.56. The molecule has 11 heteroatoms. The number of aromatic nitrogens is 5. The van der Waals surface area contributed by atoms with Crippen LogP contribution in [-0.2, 0) is 10.9 Å². The zero-order valence-electron chi connectivity index (χ0n) is 17.7. The van der Waals surface area contributed by atoms with Crippen molar-refractivity contribution in [3.8, 4) is 11.6 Å². The maximum Gasteiger partial charge on any atom is 0.453 e. The highest BCUT2D eigenvalue weighted by atomic mass is 19.4. The molecule has 0 aliphatic carbocycles. The summed E-state index contributed by atoms with van der Waals surface area (Å²) < 4.78 is 52.3. The normalized spacial score (nSPS) is 23.0. The minimum Gasteiger partial charge on any atom is -0.494 e. The number of nitrogens with one attached hydrogen (secondary N) is 1. The number of hydrogen-bond donors (Lipinski definition) is 1. The van der Waals surface area contributed by atoms with E-state index in [1.165, 1.54) is 13.2 Å². The molecule has 4 heterocycles. The third kappa shape index (κ3) is 3.87. The van der Waals surface area contributed by atoms with Crippen LogP contribution in [-0.4, -0.2) is 51.1 Å². The number of tetrazole rings is 1. The van der Waals surface area contributed by atoms with E-state index in [0.29, 0.717) is 16.1 Å². The Morgan fingerprint density at radius 3 is 2.76 bits per heavy atom. The summed E-state index contributed by atoms with van der Waals surface area (Å²) in [4.78, 5) is 4.44. The third-order valence-electron chi connectivity index (χ3n) is 5.94. The lowest BCUT2D eigenvalue weighted by atomic mass is 9.81. The van der Waals surface area contributed by atoms with Crippen LogP contribution in [0, 0.1) is 0 Å². The molecular formula is C22H21F3N6O2. The zero-order valence-corrected chi connectivity index (χ0v) is 17.7. The van der Waals surface area contributed by atoms with Crippen molar-refractivity contribution in [1.82, 2.24) is 30.5 Å². The molecule has 0 saturated carbocycles. The largest absolute Gasteiger partial charge is 0.494 e. The van der Waals surface area contributed by atoms with Crippen LogP contribution in [0.4, 0.5) is 13.2 Å². The predicted molar refractivity (Wildman–Crippen MR) is 112 cm³/mol. The molecule has 0 amide bonds. The van der Waals surface area contributed by atoms with Crippen molar-refractivity contribution in [2.75, 3.05) is 20.3 Å². The summed E-state index contributed by atoms with van der Waals surface area (Å²) in [5, 5.41) is 13.3. The van der Waals surface area contributed by atoms with Crippen molar-refractivity contribution in [1.29, 1.82) is 0 Å². The Morgan fingerprint density at radius 1 is 1.18 bits per heavy atom. The average molecular weight is 458 g/mol. The summed E-state index contributed by atoms with van der Waals surface area (Å²) in [6.45, 7) is 1.12. The summed E-state index contributed by atoms with van der Waals surface area (Å²) in [6.07, 6.45) is -0.967. The van der Waals surface area contributed by atoms with Gasteiger partial charge in [0.25, 0.3) is 5.82 Å². The lowest BCUT2D eigenvalue weighted by molar-refractivity contribution is -0.146. The topological polar surface area (TPSA) is 87.0 Å². The molecule has 33 heavy (non-hydrogen) atoms. The highest BCUT2D eigenvalue weighted by molar-refractivity contribution is 5.72. The molecule has 172 valence electrons. The number of piperidine rings is 1. The highest BCUT2D eigenvalue weighted by Crippen LogP contribution is 2.44. The molecule has 2 unspecified atom stereocenters. The van der Waals surface area contributed by atoms with E-state index in [1.807, 2.05) is 24.3 Å². The Hall–Kier alpha value is -3.31. The fourth-order valence-corrected chi connectivity index (χ4v) is 4.48. The summed E-state index contributed by atoms with van der Waals surface area (Å²) in [7, 11) is 1.49. The first-order chi connectivity index (χ1) is 15.9. The van der Waals surface area contributed by atoms with Crippen LogP contribution < -0.4 is 10.1 Å². The molecule has 1 fully saturated rings. The van der Waals surface area contributed by atoms with Gasteiger partial charge < -0.3 is 14.8 Å². The summed E-state index contributed by atoms with van der Waals surface area (Å²) in [6, 6.07) is 12.9. The SMILES string of the molecule is COc1ccc(-n2nnnc2C(F)(F)F)nc1C1=CC2(CCCNC2c2ccccc2)OC1. The molecule has 1 N–H and O–H groups in total. The van der Waals surface area contributed by atoms with Crippen molar-refractivity contribution < 1.29 is 22.6 Å². The van der Waals surface area contributed by atoms with Crippen molar-refractivity contribution in [2.24, 2.45) is 0 Å². The van der Waals surface area contributed by atoms with E-state index in [4.69, 9.17) is 9.47 Å². The Bertz CT molecular complexity index is 1180. The van der Waals surface area contributed by atoms with Gasteiger partial charge in [0.2, 0.25) is 0 Å². The second kappa shape index (κ2) is 8.23. The van der Waals surface area contributed by atoms with Gasteiger partial charge in [-0.2, -0.15) is 17.9 Å². The quantitative estimate of drug-likeness (QED) is 0.642. The predicted octanol–water partition coefficient (Wildman–Crippen LogP) is 3.36. The maximum absolute atomic E-state index is 13.3. The van der Waals surface area contributed by atoms with Gasteiger partial charge >= 0.3 is 6.18 Å². The van der Waals surface area contributed by atoms with Crippen LogP contribution >= 0.6 is 0 Å². The van der Waals surface area contributed by atoms with Gasteiger partial charge in [-0.1, -0.05) is 30.3 Å². The molecule has 2 atom stereocenters. The summed E-state index contributed by atoms with van der Waals surface area (Å²) in [5.74, 6) is -0.890. The van der Waals surface area contributed by atoms with Gasteiger partial charge in [-0.15, -0.1) is 5.10 Å². The smallest absolute Gasteiger partial charge is 0.453 e. The molecule has 2 aliphatic rings. The van der Waals surface area contributed by atoms with Gasteiger partial charge in [-0.05, 0) is 53.6 Å². The monoisotopic (exact) mass is 458 g/mol. The van der Waals surface area contributed by atoms with Crippen molar-refractivity contribution in [3.63, 3.8) is 0 Å². The van der Waals surface area contributed by atoms with E-state index in [2.05, 4.69) is 38.0 Å². The lowest BCUT2D eigenvalue weighted by Crippen LogP contribution is -2.47. The lowest BCUT2D eigenvalue weighted by Gasteiger charge is -2.40. The maximum atomic E-state index is 13.3. The molecule has 8 nitrogen and oxygen atoms in total. The molecule has 5 rings (SSSR count). The molecular weight excluding hydrogens is 437 g/mol. The molecule has 1 aromatic carbocycles. The summed E-state index contributed by atoms with van der Waals surface area (Å²) >= 11 is 0. The second-order valence-corrected chi connectivity index (χ2v) is 7.95. The van der Waals surface area contributed by atoms with E-state index in [-0.39, 0.29) is 18.5 Å². The number of methoxy groups -OCH3 is 1. The minimum absolute atomic E-state index is 0.0597. The first kappa shape index (κ1) is 21.5. The number of pyridine rings is 1. The Labute approximate surface area is 187 Å². The van der Waals surface area contributed by atoms with Gasteiger partial charge in [-0.25, -0.2) is 4.98 Å². The Kier molecular flexibility index (Phi) is 5.37. The number of rotatable bonds is 4. The minimum atomic E-state index is -4.72. The van der Waals surface area contributed by atoms with Gasteiger partial charge in [0.05, 0.1) is 19.8 Å². The molecule has 1 saturated heterocycles. The van der Waals surface area contributed by atoms with Crippen LogP contribution in [0.25, 0.3) is 11.4 Å². The Morgan fingerprint density at radius 2 is 2.00 bits per heavy atom. The van der Waals surface area contributed by atoms with E-state index in [1.54, 1.807) is 6.07 Å². The number of alkyl halides is 3. The second-order valence-electron chi connectivity index (χ2n) is 7.95. The molecule has 3 aromatic rings. The molecule has 2 aromatic heterocycles. The number of ether oxygens (including phenoxy) is 2. The van der Waals surface area contributed by atoms with Gasteiger partial charge in [-0.3, -0.25) is 0 Å². The van der Waals surface area contributed by atoms with Crippen LogP contribution in [0.2, 0.25) is 0 Å². The first-order valence-electron chi connectivity index (χ1n) is 10.5. The molecule has 2 aliphatic heterocycles. The van der Waals surface area contributed by atoms with Gasteiger partial charge in [0.15, 0.2) is 5.82 Å². The number of halogens is 3. The standard InChI is InChI=1S/C22H21F3N6O2/c1-32-16-8-9-17(31-20(22(23,24)25)28-29-30-31)27-18(16)15-12-21(33-13-15)10-5-11-26-19(21)14-6-3-2-4-7-14/h2-4,6-9,12,19,26H,5,10-11,13H2,1H3. The van der Waals surface area contributed by atoms with Crippen molar-refractivity contribution in [3.05, 3.63) is 65.6 Å². The third-order valence-corrected chi connectivity index (χ3v) is 5.94.